The van der Waals surface area contributed by atoms with E-state index < -0.39 is 79.4 Å². The zero-order valence-corrected chi connectivity index (χ0v) is 19.9. The number of carboxylic acid groups (broad SMARTS) is 1. The molecule has 1 saturated heterocycles. The maximum atomic E-state index is 12.5. The van der Waals surface area contributed by atoms with Crippen LogP contribution in [0.3, 0.4) is 0 Å². The molecule has 1 saturated carbocycles. The Labute approximate surface area is 212 Å². The summed E-state index contributed by atoms with van der Waals surface area (Å²) in [6.07, 6.45) is -5.42. The Morgan fingerprint density at radius 1 is 1.08 bits per heavy atom. The molecule has 0 bridgehead atoms. The summed E-state index contributed by atoms with van der Waals surface area (Å²) >= 11 is 0. The maximum absolute atomic E-state index is 12.5. The third-order valence-electron chi connectivity index (χ3n) is 7.12. The Morgan fingerprint density at radius 2 is 1.78 bits per heavy atom. The molecule has 10 atom stereocenters. The van der Waals surface area contributed by atoms with Crippen molar-refractivity contribution in [1.29, 1.82) is 0 Å². The lowest BCUT2D eigenvalue weighted by Crippen LogP contribution is -2.60. The fourth-order valence-corrected chi connectivity index (χ4v) is 5.06. The molecule has 12 nitrogen and oxygen atoms in total. The Balaban J connectivity index is 1.48. The van der Waals surface area contributed by atoms with Gasteiger partial charge in [-0.2, -0.15) is 0 Å². The number of carbonyl (C=O) groups excluding carboxylic acids is 1. The van der Waals surface area contributed by atoms with Gasteiger partial charge in [0.25, 0.3) is 0 Å². The zero-order valence-electron chi connectivity index (χ0n) is 19.9. The second-order valence-corrected chi connectivity index (χ2v) is 9.40. The van der Waals surface area contributed by atoms with Gasteiger partial charge in [-0.1, -0.05) is 19.1 Å². The van der Waals surface area contributed by atoms with Crippen LogP contribution in [0.2, 0.25) is 0 Å². The molecule has 3 aliphatic rings. The number of aliphatic hydroxyl groups excluding tert-OH is 4. The van der Waals surface area contributed by atoms with E-state index in [-0.39, 0.29) is 17.7 Å². The van der Waals surface area contributed by atoms with Crippen LogP contribution in [-0.4, -0.2) is 92.3 Å². The molecule has 12 heteroatoms. The number of hydrogen-bond donors (Lipinski definition) is 6. The number of fused-ring (bicyclic) bond motifs is 1. The van der Waals surface area contributed by atoms with Crippen LogP contribution in [0.5, 0.6) is 5.75 Å². The van der Waals surface area contributed by atoms with Gasteiger partial charge in [0.05, 0.1) is 18.4 Å². The van der Waals surface area contributed by atoms with E-state index >= 15 is 0 Å². The smallest absolute Gasteiger partial charge is 0.334 e. The minimum absolute atomic E-state index is 0.0244. The predicted molar refractivity (Wildman–Crippen MR) is 123 cm³/mol. The van der Waals surface area contributed by atoms with Crippen molar-refractivity contribution >= 4 is 18.0 Å². The number of hydrogen-bond acceptors (Lipinski definition) is 11. The Bertz CT molecular complexity index is 1030. The average Bonchev–Trinajstić information content (AvgIpc) is 3.19. The molecule has 0 amide bonds. The van der Waals surface area contributed by atoms with E-state index in [4.69, 9.17) is 18.9 Å². The van der Waals surface area contributed by atoms with Crippen LogP contribution in [0.4, 0.5) is 0 Å². The molecule has 1 aromatic carbocycles. The average molecular weight is 523 g/mol. The molecule has 4 rings (SSSR count). The van der Waals surface area contributed by atoms with E-state index in [1.807, 2.05) is 0 Å². The number of aromatic hydroxyl groups is 1. The van der Waals surface area contributed by atoms with Gasteiger partial charge in [0.2, 0.25) is 6.29 Å². The lowest BCUT2D eigenvalue weighted by Gasteiger charge is -2.43. The minimum atomic E-state index is -1.67. The summed E-state index contributed by atoms with van der Waals surface area (Å²) in [5, 5.41) is 58.9. The summed E-state index contributed by atoms with van der Waals surface area (Å²) in [6.45, 7) is 1.11. The third kappa shape index (κ3) is 5.64. The van der Waals surface area contributed by atoms with Crippen LogP contribution in [0.15, 0.2) is 42.2 Å². The number of phenolic OH excluding ortho intramolecular Hbond substituents is 1. The van der Waals surface area contributed by atoms with Crippen LogP contribution in [0.25, 0.3) is 6.08 Å². The number of phenols is 1. The second kappa shape index (κ2) is 11.2. The van der Waals surface area contributed by atoms with E-state index in [0.717, 1.165) is 6.26 Å². The molecule has 2 fully saturated rings. The van der Waals surface area contributed by atoms with Crippen molar-refractivity contribution in [2.75, 3.05) is 6.61 Å². The van der Waals surface area contributed by atoms with Gasteiger partial charge in [0.15, 0.2) is 6.29 Å². The topological polar surface area (TPSA) is 192 Å². The third-order valence-corrected chi connectivity index (χ3v) is 7.12. The first-order valence-corrected chi connectivity index (χ1v) is 11.8. The summed E-state index contributed by atoms with van der Waals surface area (Å²) in [5.41, 5.74) is 0.643. The zero-order chi connectivity index (χ0) is 26.9. The van der Waals surface area contributed by atoms with Crippen molar-refractivity contribution < 1.29 is 59.2 Å². The van der Waals surface area contributed by atoms with Crippen LogP contribution in [0.1, 0.15) is 18.9 Å². The van der Waals surface area contributed by atoms with Crippen molar-refractivity contribution in [2.45, 2.75) is 56.4 Å². The number of aliphatic carboxylic acids is 1. The number of carbonyl (C=O) groups is 2. The molecule has 2 heterocycles. The van der Waals surface area contributed by atoms with Gasteiger partial charge in [-0.15, -0.1) is 0 Å². The standard InChI is InChI=1S/C25H30O12/c1-11-16(35-18(28)7-4-12-2-5-13(27)6-3-12)8-14-15(23(32)33)10-34-24(19(11)14)37-25-22(31)21(30)20(29)17(9-26)36-25/h2-7,10-11,14,16-17,19-22,24-27,29-31H,8-9H2,1H3,(H,32,33)/b7-4+/t11-,14+,16-,17+,19+,20+,21-,22+,24-,25-/m1/s1. The summed E-state index contributed by atoms with van der Waals surface area (Å²) in [4.78, 5) is 24.3. The molecule has 6 N–H and O–H groups in total. The molecule has 0 unspecified atom stereocenters. The second-order valence-electron chi connectivity index (χ2n) is 9.40. The van der Waals surface area contributed by atoms with E-state index in [2.05, 4.69) is 0 Å². The van der Waals surface area contributed by atoms with E-state index in [9.17, 15) is 40.2 Å². The maximum Gasteiger partial charge on any atom is 0.334 e. The Kier molecular flexibility index (Phi) is 8.17. The van der Waals surface area contributed by atoms with Gasteiger partial charge in [-0.05, 0) is 30.2 Å². The first-order valence-electron chi connectivity index (χ1n) is 11.8. The number of rotatable bonds is 7. The number of carboxylic acids is 1. The van der Waals surface area contributed by atoms with Crippen LogP contribution in [-0.2, 0) is 28.5 Å². The van der Waals surface area contributed by atoms with Gasteiger partial charge in [-0.3, -0.25) is 0 Å². The molecular formula is C25H30O12. The molecule has 1 aromatic rings. The van der Waals surface area contributed by atoms with Crippen molar-refractivity contribution in [3.63, 3.8) is 0 Å². The highest BCUT2D eigenvalue weighted by Crippen LogP contribution is 2.48. The molecule has 202 valence electrons. The predicted octanol–water partition coefficient (Wildman–Crippen LogP) is -0.269. The Morgan fingerprint density at radius 3 is 2.43 bits per heavy atom. The highest BCUT2D eigenvalue weighted by atomic mass is 16.8. The highest BCUT2D eigenvalue weighted by Gasteiger charge is 2.54. The molecule has 2 aliphatic heterocycles. The first kappa shape index (κ1) is 27.0. The SMILES string of the molecule is C[C@H]1[C@@H]2[C@@H](O[C@H]3O[C@@H](CO)[C@H](O)[C@@H](O)[C@@H]3O)OC=C(C(=O)O)[C@@H]2C[C@H]1OC(=O)/C=C/c1ccc(O)cc1. The largest absolute Gasteiger partial charge is 0.508 e. The van der Waals surface area contributed by atoms with Gasteiger partial charge >= 0.3 is 11.9 Å². The van der Waals surface area contributed by atoms with Crippen molar-refractivity contribution in [3.8, 4) is 5.75 Å². The van der Waals surface area contributed by atoms with E-state index in [1.165, 1.54) is 24.3 Å². The summed E-state index contributed by atoms with van der Waals surface area (Å²) < 4.78 is 22.4. The first-order chi connectivity index (χ1) is 17.6. The quantitative estimate of drug-likeness (QED) is 0.203. The van der Waals surface area contributed by atoms with Crippen LogP contribution in [0, 0.1) is 17.8 Å². The Hall–Kier alpha value is -3.00. The summed E-state index contributed by atoms with van der Waals surface area (Å²) in [5.74, 6) is -3.43. The molecular weight excluding hydrogens is 492 g/mol. The normalized spacial score (nSPS) is 37.5. The molecule has 37 heavy (non-hydrogen) atoms. The molecule has 0 radical (unpaired) electrons. The highest BCUT2D eigenvalue weighted by molar-refractivity contribution is 5.88. The van der Waals surface area contributed by atoms with Gasteiger partial charge in [0.1, 0.15) is 36.3 Å². The fourth-order valence-electron chi connectivity index (χ4n) is 5.06. The van der Waals surface area contributed by atoms with Crippen molar-refractivity contribution in [1.82, 2.24) is 0 Å². The molecule has 1 aliphatic carbocycles. The lowest BCUT2D eigenvalue weighted by molar-refractivity contribution is -0.342. The monoisotopic (exact) mass is 522 g/mol. The molecule has 0 spiro atoms. The van der Waals surface area contributed by atoms with Crippen molar-refractivity contribution in [2.24, 2.45) is 17.8 Å². The fraction of sp³-hybridized carbons (Fsp3) is 0.520. The lowest BCUT2D eigenvalue weighted by atomic mass is 9.83. The minimum Gasteiger partial charge on any atom is -0.508 e. The number of esters is 1. The van der Waals surface area contributed by atoms with Gasteiger partial charge in [-0.25, -0.2) is 9.59 Å². The summed E-state index contributed by atoms with van der Waals surface area (Å²) in [7, 11) is 0. The van der Waals surface area contributed by atoms with Gasteiger partial charge in [0, 0.05) is 23.8 Å². The number of ether oxygens (including phenoxy) is 4. The van der Waals surface area contributed by atoms with Crippen LogP contribution >= 0.6 is 0 Å². The molecule has 0 aromatic heterocycles. The van der Waals surface area contributed by atoms with Gasteiger partial charge < -0.3 is 49.6 Å². The van der Waals surface area contributed by atoms with Crippen LogP contribution < -0.4 is 0 Å². The summed E-state index contributed by atoms with van der Waals surface area (Å²) in [6, 6.07) is 6.19. The number of benzene rings is 1. The number of aliphatic hydroxyl groups is 4. The van der Waals surface area contributed by atoms with E-state index in [0.29, 0.717) is 5.56 Å². The van der Waals surface area contributed by atoms with Crippen molar-refractivity contribution in [3.05, 3.63) is 47.7 Å². The van der Waals surface area contributed by atoms with E-state index in [1.54, 1.807) is 19.1 Å².